The predicted octanol–water partition coefficient (Wildman–Crippen LogP) is 6.38. The third-order valence-electron chi connectivity index (χ3n) is 7.48. The largest absolute Gasteiger partial charge is 0.274 e. The van der Waals surface area contributed by atoms with E-state index in [2.05, 4.69) is 74.5 Å². The number of imide groups is 1. The van der Waals surface area contributed by atoms with Gasteiger partial charge >= 0.3 is 0 Å². The zero-order valence-electron chi connectivity index (χ0n) is 19.0. The van der Waals surface area contributed by atoms with Gasteiger partial charge in [-0.2, -0.15) is 0 Å². The first-order valence-corrected chi connectivity index (χ1v) is 12.0. The molecular weight excluding hydrogens is 442 g/mol. The van der Waals surface area contributed by atoms with Crippen LogP contribution in [-0.2, 0) is 9.59 Å². The quantitative estimate of drug-likeness (QED) is 0.332. The first-order valence-electron chi connectivity index (χ1n) is 11.6. The summed E-state index contributed by atoms with van der Waals surface area (Å²) >= 11 is 6.37. The smallest absolute Gasteiger partial charge is 0.238 e. The van der Waals surface area contributed by atoms with Crippen molar-refractivity contribution < 1.29 is 9.59 Å². The highest BCUT2D eigenvalue weighted by Gasteiger charge is 2.62. The van der Waals surface area contributed by atoms with Crippen LogP contribution in [0.15, 0.2) is 90.5 Å². The summed E-state index contributed by atoms with van der Waals surface area (Å²) in [5.41, 5.74) is 7.43. The maximum atomic E-state index is 13.7. The first kappa shape index (κ1) is 21.1. The van der Waals surface area contributed by atoms with Gasteiger partial charge in [-0.25, -0.2) is 4.90 Å². The lowest BCUT2D eigenvalue weighted by Gasteiger charge is -2.22. The Balaban J connectivity index is 1.50. The molecule has 2 fully saturated rings. The zero-order valence-corrected chi connectivity index (χ0v) is 19.8. The number of benzene rings is 3. The number of allylic oxidation sites excluding steroid dienone is 3. The molecule has 1 heterocycles. The van der Waals surface area contributed by atoms with Gasteiger partial charge < -0.3 is 0 Å². The Morgan fingerprint density at radius 2 is 1.18 bits per heavy atom. The number of aryl methyl sites for hydroxylation is 2. The molecule has 2 aliphatic carbocycles. The Bertz CT molecular complexity index is 1300. The van der Waals surface area contributed by atoms with Crippen LogP contribution in [0.2, 0.25) is 5.02 Å². The van der Waals surface area contributed by atoms with Crippen LogP contribution in [0.4, 0.5) is 5.69 Å². The van der Waals surface area contributed by atoms with Crippen LogP contribution in [-0.4, -0.2) is 11.8 Å². The van der Waals surface area contributed by atoms with Crippen LogP contribution < -0.4 is 4.90 Å². The molecule has 0 radical (unpaired) electrons. The summed E-state index contributed by atoms with van der Waals surface area (Å²) in [7, 11) is 0. The molecule has 0 N–H and O–H groups in total. The molecule has 3 aromatic carbocycles. The van der Waals surface area contributed by atoms with Gasteiger partial charge in [-0.1, -0.05) is 95.5 Å². The van der Waals surface area contributed by atoms with Crippen molar-refractivity contribution in [2.24, 2.45) is 23.7 Å². The highest BCUT2D eigenvalue weighted by Crippen LogP contribution is 2.59. The molecule has 1 saturated carbocycles. The monoisotopic (exact) mass is 465 g/mol. The van der Waals surface area contributed by atoms with Gasteiger partial charge in [0.05, 0.1) is 22.5 Å². The SMILES string of the molecule is Cc1ccc(C(=C2[C@H]3C=C[C@H]2[C@@H]2C(=O)N(c4ccccc4Cl)C(=O)[C@H]23)c2ccc(C)cc2)cc1. The summed E-state index contributed by atoms with van der Waals surface area (Å²) in [6.07, 6.45) is 4.26. The van der Waals surface area contributed by atoms with Gasteiger partial charge in [0, 0.05) is 11.8 Å². The number of amides is 2. The van der Waals surface area contributed by atoms with Gasteiger partial charge in [0.1, 0.15) is 0 Å². The Morgan fingerprint density at radius 3 is 1.65 bits per heavy atom. The fraction of sp³-hybridized carbons (Fsp3) is 0.200. The van der Waals surface area contributed by atoms with E-state index in [0.717, 1.165) is 16.7 Å². The normalized spacial score (nSPS) is 24.8. The topological polar surface area (TPSA) is 37.4 Å². The van der Waals surface area contributed by atoms with Gasteiger partial charge in [0.15, 0.2) is 0 Å². The van der Waals surface area contributed by atoms with Crippen molar-refractivity contribution in [1.29, 1.82) is 0 Å². The second-order valence-electron chi connectivity index (χ2n) is 9.51. The molecule has 4 heteroatoms. The van der Waals surface area contributed by atoms with Crippen LogP contribution in [0.5, 0.6) is 0 Å². The van der Waals surface area contributed by atoms with E-state index in [1.54, 1.807) is 24.3 Å². The highest BCUT2D eigenvalue weighted by atomic mass is 35.5. The molecule has 0 spiro atoms. The molecule has 0 aromatic heterocycles. The second-order valence-corrected chi connectivity index (χ2v) is 9.92. The first-order chi connectivity index (χ1) is 16.5. The van der Waals surface area contributed by atoms with E-state index in [-0.39, 0.29) is 35.5 Å². The van der Waals surface area contributed by atoms with Crippen LogP contribution >= 0.6 is 11.6 Å². The molecule has 168 valence electrons. The van der Waals surface area contributed by atoms with Gasteiger partial charge in [0.2, 0.25) is 11.8 Å². The molecule has 6 rings (SSSR count). The minimum absolute atomic E-state index is 0.100. The van der Waals surface area contributed by atoms with Crippen molar-refractivity contribution in [2.75, 3.05) is 4.90 Å². The molecule has 0 unspecified atom stereocenters. The molecule has 2 bridgehead atoms. The molecule has 3 aliphatic rings. The lowest BCUT2D eigenvalue weighted by Crippen LogP contribution is -2.33. The van der Waals surface area contributed by atoms with Crippen LogP contribution in [0.3, 0.4) is 0 Å². The number of hydrogen-bond acceptors (Lipinski definition) is 2. The fourth-order valence-electron chi connectivity index (χ4n) is 5.91. The van der Waals surface area contributed by atoms with Gasteiger partial charge in [0.25, 0.3) is 0 Å². The molecule has 3 aromatic rings. The molecule has 3 nitrogen and oxygen atoms in total. The van der Waals surface area contributed by atoms with Crippen molar-refractivity contribution in [3.8, 4) is 0 Å². The number of anilines is 1. The lowest BCUT2D eigenvalue weighted by atomic mass is 9.85. The van der Waals surface area contributed by atoms with Crippen molar-refractivity contribution in [3.63, 3.8) is 0 Å². The van der Waals surface area contributed by atoms with E-state index in [1.165, 1.54) is 21.6 Å². The lowest BCUT2D eigenvalue weighted by molar-refractivity contribution is -0.122. The highest BCUT2D eigenvalue weighted by molar-refractivity contribution is 6.36. The average Bonchev–Trinajstić information content (AvgIpc) is 3.46. The average molecular weight is 466 g/mol. The minimum Gasteiger partial charge on any atom is -0.274 e. The second kappa shape index (κ2) is 7.82. The Kier molecular flexibility index (Phi) is 4.86. The van der Waals surface area contributed by atoms with Crippen LogP contribution in [0, 0.1) is 37.5 Å². The minimum atomic E-state index is -0.389. The Hall–Kier alpha value is -3.43. The summed E-state index contributed by atoms with van der Waals surface area (Å²) in [5, 5.41) is 0.417. The Labute approximate surface area is 204 Å². The maximum absolute atomic E-state index is 13.7. The van der Waals surface area contributed by atoms with Crippen molar-refractivity contribution in [1.82, 2.24) is 0 Å². The van der Waals surface area contributed by atoms with E-state index in [0.29, 0.717) is 10.7 Å². The molecule has 1 aliphatic heterocycles. The number of halogens is 1. The van der Waals surface area contributed by atoms with Crippen molar-refractivity contribution in [3.05, 3.63) is 118 Å². The number of nitrogens with zero attached hydrogens (tertiary/aromatic N) is 1. The maximum Gasteiger partial charge on any atom is 0.238 e. The molecule has 1 saturated heterocycles. The third-order valence-corrected chi connectivity index (χ3v) is 7.80. The molecule has 4 atom stereocenters. The van der Waals surface area contributed by atoms with Gasteiger partial charge in [-0.15, -0.1) is 0 Å². The summed E-state index contributed by atoms with van der Waals surface area (Å²) in [6.45, 7) is 4.16. The van der Waals surface area contributed by atoms with E-state index in [9.17, 15) is 9.59 Å². The van der Waals surface area contributed by atoms with Crippen molar-refractivity contribution >= 4 is 34.7 Å². The zero-order chi connectivity index (χ0) is 23.6. The number of rotatable bonds is 3. The van der Waals surface area contributed by atoms with Crippen LogP contribution in [0.1, 0.15) is 22.3 Å². The Morgan fingerprint density at radius 1 is 0.706 bits per heavy atom. The van der Waals surface area contributed by atoms with Crippen molar-refractivity contribution in [2.45, 2.75) is 13.8 Å². The number of fused-ring (bicyclic) bond motifs is 5. The number of carbonyl (C=O) groups is 2. The number of carbonyl (C=O) groups excluding carboxylic acids is 2. The summed E-state index contributed by atoms with van der Waals surface area (Å²) in [4.78, 5) is 28.6. The van der Waals surface area contributed by atoms with E-state index in [1.807, 2.05) is 0 Å². The van der Waals surface area contributed by atoms with E-state index in [4.69, 9.17) is 11.6 Å². The molecule has 34 heavy (non-hydrogen) atoms. The van der Waals surface area contributed by atoms with E-state index < -0.39 is 0 Å². The van der Waals surface area contributed by atoms with Crippen LogP contribution in [0.25, 0.3) is 5.57 Å². The standard InChI is InChI=1S/C30H24ClNO2/c1-17-7-11-19(12-8-17)25(20-13-9-18(2)10-14-20)26-21-15-16-22(26)28-27(21)29(33)32(30(28)34)24-6-4-3-5-23(24)31/h3-16,21-22,27-28H,1-2H3/t21-,22-,27+,28+/m1/s1. The number of hydrogen-bond donors (Lipinski definition) is 0. The predicted molar refractivity (Wildman–Crippen MR) is 135 cm³/mol. The third kappa shape index (κ3) is 3.04. The van der Waals surface area contributed by atoms with Gasteiger partial charge in [-0.05, 0) is 48.3 Å². The van der Waals surface area contributed by atoms with Gasteiger partial charge in [-0.3, -0.25) is 9.59 Å². The fourth-order valence-corrected chi connectivity index (χ4v) is 6.13. The number of para-hydroxylation sites is 1. The summed E-state index contributed by atoms with van der Waals surface area (Å²) in [5.74, 6) is -1.28. The molecule has 2 amide bonds. The molecular formula is C30H24ClNO2. The summed E-state index contributed by atoms with van der Waals surface area (Å²) < 4.78 is 0. The van der Waals surface area contributed by atoms with E-state index >= 15 is 0 Å². The summed E-state index contributed by atoms with van der Waals surface area (Å²) in [6, 6.07) is 24.1.